The molecule has 2 aromatic rings. The fourth-order valence-corrected chi connectivity index (χ4v) is 5.11. The Hall–Kier alpha value is -3.88. The van der Waals surface area contributed by atoms with Crippen molar-refractivity contribution in [2.75, 3.05) is 33.9 Å². The number of nitrogens with zero attached hydrogens (tertiary/aromatic N) is 2. The minimum absolute atomic E-state index is 0.0300. The van der Waals surface area contributed by atoms with Crippen molar-refractivity contribution in [2.24, 2.45) is 0 Å². The highest BCUT2D eigenvalue weighted by molar-refractivity contribution is 6.21. The summed E-state index contributed by atoms with van der Waals surface area (Å²) in [4.78, 5) is 53.7. The molecule has 1 spiro atoms. The summed E-state index contributed by atoms with van der Waals surface area (Å²) in [6.07, 6.45) is 1.24. The summed E-state index contributed by atoms with van der Waals surface area (Å²) >= 11 is 0. The van der Waals surface area contributed by atoms with E-state index in [0.29, 0.717) is 59.9 Å². The lowest BCUT2D eigenvalue weighted by Gasteiger charge is -2.44. The van der Waals surface area contributed by atoms with Gasteiger partial charge in [0.05, 0.1) is 37.3 Å². The number of ether oxygens (including phenoxy) is 3. The standard InChI is InChI=1S/C26H26N2O7/c1-33-20-8-7-18-19(29)15-26(35-22(18)23(20)34-2)10-13-27(14-11-26)21(30)9-12-28-24(31)16-5-3-4-6-17(16)25(28)32/h3-8H,9-15H2,1-2H3. The van der Waals surface area contributed by atoms with Crippen LogP contribution in [0, 0.1) is 0 Å². The molecule has 0 unspecified atom stereocenters. The van der Waals surface area contributed by atoms with Gasteiger partial charge >= 0.3 is 0 Å². The Morgan fingerprint density at radius 1 is 0.943 bits per heavy atom. The summed E-state index contributed by atoms with van der Waals surface area (Å²) in [7, 11) is 3.03. The van der Waals surface area contributed by atoms with E-state index in [0.717, 1.165) is 4.90 Å². The van der Waals surface area contributed by atoms with Crippen LogP contribution in [0.2, 0.25) is 0 Å². The third-order valence-electron chi connectivity index (χ3n) is 7.06. The molecule has 0 aromatic heterocycles. The van der Waals surface area contributed by atoms with Crippen molar-refractivity contribution in [1.82, 2.24) is 9.80 Å². The number of Topliss-reactive ketones (excluding diaryl/α,β-unsaturated/α-hetero) is 1. The highest BCUT2D eigenvalue weighted by Gasteiger charge is 2.45. The molecule has 0 N–H and O–H groups in total. The molecule has 3 heterocycles. The Kier molecular flexibility index (Phi) is 5.70. The fourth-order valence-electron chi connectivity index (χ4n) is 5.11. The number of amides is 3. The van der Waals surface area contributed by atoms with Crippen LogP contribution >= 0.6 is 0 Å². The molecule has 0 radical (unpaired) electrons. The number of benzene rings is 2. The molecular weight excluding hydrogens is 452 g/mol. The van der Waals surface area contributed by atoms with Gasteiger partial charge in [-0.05, 0) is 24.3 Å². The Morgan fingerprint density at radius 3 is 2.20 bits per heavy atom. The Morgan fingerprint density at radius 2 is 1.60 bits per heavy atom. The van der Waals surface area contributed by atoms with Crippen molar-refractivity contribution in [2.45, 2.75) is 31.3 Å². The summed E-state index contributed by atoms with van der Waals surface area (Å²) in [5.41, 5.74) is 0.489. The fraction of sp³-hybridized carbons (Fsp3) is 0.385. The number of hydrogen-bond donors (Lipinski definition) is 0. The lowest BCUT2D eigenvalue weighted by atomic mass is 9.82. The smallest absolute Gasteiger partial charge is 0.261 e. The molecule has 0 saturated carbocycles. The van der Waals surface area contributed by atoms with E-state index >= 15 is 0 Å². The molecule has 0 atom stereocenters. The third kappa shape index (κ3) is 3.80. The second-order valence-corrected chi connectivity index (χ2v) is 9.00. The Bertz CT molecular complexity index is 1200. The van der Waals surface area contributed by atoms with Crippen LogP contribution in [0.25, 0.3) is 0 Å². The highest BCUT2D eigenvalue weighted by atomic mass is 16.5. The number of carbonyl (C=O) groups is 4. The second-order valence-electron chi connectivity index (χ2n) is 9.00. The first-order chi connectivity index (χ1) is 16.9. The molecule has 3 amide bonds. The largest absolute Gasteiger partial charge is 0.493 e. The molecule has 35 heavy (non-hydrogen) atoms. The van der Waals surface area contributed by atoms with Crippen molar-refractivity contribution in [1.29, 1.82) is 0 Å². The van der Waals surface area contributed by atoms with E-state index < -0.39 is 5.60 Å². The van der Waals surface area contributed by atoms with E-state index in [1.54, 1.807) is 41.3 Å². The second kappa shape index (κ2) is 8.72. The van der Waals surface area contributed by atoms with E-state index in [1.165, 1.54) is 14.2 Å². The maximum Gasteiger partial charge on any atom is 0.261 e. The number of ketones is 1. The van der Waals surface area contributed by atoms with Crippen LogP contribution in [0.4, 0.5) is 0 Å². The van der Waals surface area contributed by atoms with Gasteiger partial charge in [0.1, 0.15) is 5.60 Å². The highest BCUT2D eigenvalue weighted by Crippen LogP contribution is 2.47. The van der Waals surface area contributed by atoms with Gasteiger partial charge in [0.2, 0.25) is 11.7 Å². The number of fused-ring (bicyclic) bond motifs is 2. The van der Waals surface area contributed by atoms with Crippen LogP contribution in [-0.4, -0.2) is 72.8 Å². The van der Waals surface area contributed by atoms with Crippen LogP contribution < -0.4 is 14.2 Å². The summed E-state index contributed by atoms with van der Waals surface area (Å²) in [5.74, 6) is 0.347. The van der Waals surface area contributed by atoms with E-state index in [2.05, 4.69) is 0 Å². The number of rotatable bonds is 5. The molecule has 9 nitrogen and oxygen atoms in total. The minimum atomic E-state index is -0.719. The van der Waals surface area contributed by atoms with Crippen molar-refractivity contribution < 1.29 is 33.4 Å². The number of piperidine rings is 1. The molecule has 1 saturated heterocycles. The average Bonchev–Trinajstić information content (AvgIpc) is 3.11. The van der Waals surface area contributed by atoms with Gasteiger partial charge in [-0.2, -0.15) is 0 Å². The summed E-state index contributed by atoms with van der Waals surface area (Å²) in [6, 6.07) is 10.0. The van der Waals surface area contributed by atoms with Gasteiger partial charge in [-0.1, -0.05) is 12.1 Å². The topological polar surface area (TPSA) is 102 Å². The number of likely N-dealkylation sites (tertiary alicyclic amines) is 1. The Labute approximate surface area is 202 Å². The minimum Gasteiger partial charge on any atom is -0.493 e. The molecule has 2 aromatic carbocycles. The van der Waals surface area contributed by atoms with Gasteiger partial charge in [0, 0.05) is 38.9 Å². The first-order valence-corrected chi connectivity index (χ1v) is 11.6. The van der Waals surface area contributed by atoms with Crippen LogP contribution in [0.15, 0.2) is 36.4 Å². The van der Waals surface area contributed by atoms with Gasteiger partial charge in [0.25, 0.3) is 11.8 Å². The number of carbonyl (C=O) groups excluding carboxylic acids is 4. The normalized spacial score (nSPS) is 18.3. The molecule has 5 rings (SSSR count). The predicted molar refractivity (Wildman–Crippen MR) is 124 cm³/mol. The molecule has 3 aliphatic heterocycles. The molecule has 0 aliphatic carbocycles. The SMILES string of the molecule is COc1ccc2c(c1OC)OC1(CCN(C(=O)CCN3C(=O)c4ccccc4C3=O)CC1)CC2=O. The van der Waals surface area contributed by atoms with E-state index in [4.69, 9.17) is 14.2 Å². The van der Waals surface area contributed by atoms with E-state index in [9.17, 15) is 19.2 Å². The molecule has 1 fully saturated rings. The van der Waals surface area contributed by atoms with E-state index in [-0.39, 0.29) is 42.9 Å². The van der Waals surface area contributed by atoms with Crippen LogP contribution in [-0.2, 0) is 4.79 Å². The number of methoxy groups -OCH3 is 2. The lowest BCUT2D eigenvalue weighted by Crippen LogP contribution is -2.52. The molecule has 9 heteroatoms. The van der Waals surface area contributed by atoms with Crippen LogP contribution in [0.3, 0.4) is 0 Å². The van der Waals surface area contributed by atoms with E-state index in [1.807, 2.05) is 0 Å². The van der Waals surface area contributed by atoms with Crippen molar-refractivity contribution in [3.05, 3.63) is 53.1 Å². The van der Waals surface area contributed by atoms with Gasteiger partial charge in [-0.3, -0.25) is 24.1 Å². The zero-order chi connectivity index (χ0) is 24.7. The Balaban J connectivity index is 1.23. The quantitative estimate of drug-likeness (QED) is 0.609. The van der Waals surface area contributed by atoms with Gasteiger partial charge in [0.15, 0.2) is 17.3 Å². The molecule has 0 bridgehead atoms. The van der Waals surface area contributed by atoms with Crippen molar-refractivity contribution in [3.63, 3.8) is 0 Å². The van der Waals surface area contributed by atoms with Gasteiger partial charge in [-0.15, -0.1) is 0 Å². The summed E-state index contributed by atoms with van der Waals surface area (Å²) in [5, 5.41) is 0. The zero-order valence-corrected chi connectivity index (χ0v) is 19.7. The predicted octanol–water partition coefficient (Wildman–Crippen LogP) is 2.72. The van der Waals surface area contributed by atoms with Crippen molar-refractivity contribution >= 4 is 23.5 Å². The maximum atomic E-state index is 12.9. The monoisotopic (exact) mass is 478 g/mol. The summed E-state index contributed by atoms with van der Waals surface area (Å²) < 4.78 is 17.2. The zero-order valence-electron chi connectivity index (χ0n) is 19.7. The summed E-state index contributed by atoms with van der Waals surface area (Å²) in [6.45, 7) is 0.859. The number of hydrogen-bond acceptors (Lipinski definition) is 7. The first kappa shape index (κ1) is 22.9. The average molecular weight is 479 g/mol. The third-order valence-corrected chi connectivity index (χ3v) is 7.06. The molecule has 3 aliphatic rings. The number of imide groups is 1. The van der Waals surface area contributed by atoms with Crippen LogP contribution in [0.5, 0.6) is 17.2 Å². The first-order valence-electron chi connectivity index (χ1n) is 11.6. The van der Waals surface area contributed by atoms with Crippen LogP contribution in [0.1, 0.15) is 56.8 Å². The van der Waals surface area contributed by atoms with Gasteiger partial charge < -0.3 is 19.1 Å². The maximum absolute atomic E-state index is 12.9. The molecule has 182 valence electrons. The van der Waals surface area contributed by atoms with Gasteiger partial charge in [-0.25, -0.2) is 0 Å². The van der Waals surface area contributed by atoms with Crippen molar-refractivity contribution in [3.8, 4) is 17.2 Å². The lowest BCUT2D eigenvalue weighted by molar-refractivity contribution is -0.134. The molecular formula is C26H26N2O7.